The van der Waals surface area contributed by atoms with Crippen molar-refractivity contribution in [3.8, 4) is 5.75 Å². The maximum atomic E-state index is 14.2. The Hall–Kier alpha value is -4.88. The molecule has 2 aromatic carbocycles. The lowest BCUT2D eigenvalue weighted by atomic mass is 9.68. The molecule has 1 fully saturated rings. The number of benzene rings is 2. The summed E-state index contributed by atoms with van der Waals surface area (Å²) in [7, 11) is 1.46. The number of amides is 3. The number of aromatic nitrogens is 2. The molecule has 1 atom stereocenters. The normalized spacial score (nSPS) is 15.0. The minimum atomic E-state index is -5.44. The van der Waals surface area contributed by atoms with Crippen LogP contribution in [-0.2, 0) is 37.5 Å². The fraction of sp³-hybridized carbons (Fsp3) is 0.424. The molecule has 3 aromatic rings. The van der Waals surface area contributed by atoms with Gasteiger partial charge in [-0.3, -0.25) is 9.59 Å². The predicted molar refractivity (Wildman–Crippen MR) is 164 cm³/mol. The number of imidazole rings is 1. The van der Waals surface area contributed by atoms with Crippen LogP contribution in [0, 0.1) is 0 Å². The van der Waals surface area contributed by atoms with E-state index in [9.17, 15) is 32.3 Å². The van der Waals surface area contributed by atoms with Gasteiger partial charge in [0.25, 0.3) is 0 Å². The van der Waals surface area contributed by atoms with Crippen molar-refractivity contribution in [1.29, 1.82) is 0 Å². The topological polar surface area (TPSA) is 134 Å². The van der Waals surface area contributed by atoms with Crippen molar-refractivity contribution < 1.29 is 41.9 Å². The Morgan fingerprint density at radius 2 is 1.74 bits per heavy atom. The van der Waals surface area contributed by atoms with Crippen molar-refractivity contribution in [1.82, 2.24) is 25.2 Å². The van der Waals surface area contributed by atoms with E-state index in [1.165, 1.54) is 24.5 Å². The van der Waals surface area contributed by atoms with E-state index in [1.54, 1.807) is 24.3 Å². The molecule has 0 aliphatic carbocycles. The van der Waals surface area contributed by atoms with Crippen LogP contribution in [0.15, 0.2) is 67.1 Å². The number of ketones is 1. The quantitative estimate of drug-likeness (QED) is 0.274. The number of carbonyl (C=O) groups is 4. The lowest BCUT2D eigenvalue weighted by Crippen LogP contribution is -2.58. The van der Waals surface area contributed by atoms with E-state index in [4.69, 9.17) is 4.74 Å². The van der Waals surface area contributed by atoms with E-state index in [2.05, 4.69) is 20.1 Å². The molecule has 1 aliphatic heterocycles. The van der Waals surface area contributed by atoms with Crippen LogP contribution in [0.25, 0.3) is 0 Å². The summed E-state index contributed by atoms with van der Waals surface area (Å²) in [6.45, 7) is 2.03. The maximum Gasteiger partial charge on any atom is 0.493 e. The maximum absolute atomic E-state index is 14.2. The number of hydroxylamine groups is 2. The summed E-state index contributed by atoms with van der Waals surface area (Å²) in [5, 5.41) is 2.62. The van der Waals surface area contributed by atoms with Gasteiger partial charge in [-0.25, -0.2) is 14.6 Å². The molecule has 14 heteroatoms. The minimum absolute atomic E-state index is 0.0467. The van der Waals surface area contributed by atoms with Gasteiger partial charge in [0, 0.05) is 50.8 Å². The molecule has 1 aliphatic rings. The minimum Gasteiger partial charge on any atom is -0.497 e. The first-order valence-corrected chi connectivity index (χ1v) is 15.3. The van der Waals surface area contributed by atoms with Crippen LogP contribution >= 0.6 is 0 Å². The molecule has 2 N–H and O–H groups in total. The number of urea groups is 1. The number of carbonyl (C=O) groups excluding carboxylic acids is 4. The number of ether oxygens (including phenoxy) is 1. The van der Waals surface area contributed by atoms with Crippen LogP contribution in [-0.4, -0.2) is 82.6 Å². The fourth-order valence-corrected chi connectivity index (χ4v) is 5.72. The number of halogens is 3. The highest BCUT2D eigenvalue weighted by Crippen LogP contribution is 2.38. The average molecular weight is 658 g/mol. The predicted octanol–water partition coefficient (Wildman–Crippen LogP) is 4.53. The zero-order valence-electron chi connectivity index (χ0n) is 26.2. The van der Waals surface area contributed by atoms with Crippen LogP contribution < -0.4 is 10.1 Å². The van der Waals surface area contributed by atoms with E-state index in [0.29, 0.717) is 29.8 Å². The van der Waals surface area contributed by atoms with Gasteiger partial charge in [0.15, 0.2) is 6.04 Å². The molecule has 4 rings (SSSR count). The molecular weight excluding hydrogens is 619 g/mol. The first-order valence-electron chi connectivity index (χ1n) is 15.3. The largest absolute Gasteiger partial charge is 0.497 e. The first kappa shape index (κ1) is 35.0. The summed E-state index contributed by atoms with van der Waals surface area (Å²) in [4.78, 5) is 66.0. The highest BCUT2D eigenvalue weighted by molar-refractivity contribution is 5.92. The Bertz CT molecular complexity index is 1490. The number of nitrogens with one attached hydrogen (secondary N) is 2. The van der Waals surface area contributed by atoms with Crippen molar-refractivity contribution >= 4 is 23.7 Å². The highest BCUT2D eigenvalue weighted by Gasteiger charge is 2.48. The number of alkyl halides is 3. The van der Waals surface area contributed by atoms with Crippen molar-refractivity contribution in [2.75, 3.05) is 26.7 Å². The van der Waals surface area contributed by atoms with Crippen molar-refractivity contribution in [3.63, 3.8) is 0 Å². The number of likely N-dealkylation sites (tertiary alicyclic amines) is 1. The molecule has 1 aromatic heterocycles. The number of aromatic amines is 1. The summed E-state index contributed by atoms with van der Waals surface area (Å²) in [6, 6.07) is 12.8. The SMILES string of the molecule is CCCC(=O)C1(c2ccccc2)CCN(C(=O)C(Cc2ccc(OC)cc2)N(OC(=O)C(F)(F)F)C(=O)NCCc2cnc[nH]2)CC1. The second kappa shape index (κ2) is 15.6. The van der Waals surface area contributed by atoms with Gasteiger partial charge in [-0.15, -0.1) is 5.06 Å². The smallest absolute Gasteiger partial charge is 0.493 e. The van der Waals surface area contributed by atoms with Gasteiger partial charge in [-0.1, -0.05) is 49.4 Å². The first-order chi connectivity index (χ1) is 22.5. The highest BCUT2D eigenvalue weighted by atomic mass is 19.4. The monoisotopic (exact) mass is 657 g/mol. The lowest BCUT2D eigenvalue weighted by Gasteiger charge is -2.43. The van der Waals surface area contributed by atoms with Gasteiger partial charge >= 0.3 is 18.2 Å². The summed E-state index contributed by atoms with van der Waals surface area (Å²) >= 11 is 0. The Kier molecular flexibility index (Phi) is 11.6. The van der Waals surface area contributed by atoms with E-state index in [-0.39, 0.29) is 56.2 Å². The van der Waals surface area contributed by atoms with E-state index >= 15 is 0 Å². The Morgan fingerprint density at radius 1 is 1.06 bits per heavy atom. The number of Topliss-reactive ketones (excluding diaryl/α,β-unsaturated/α-hetero) is 1. The fourth-order valence-electron chi connectivity index (χ4n) is 5.72. The van der Waals surface area contributed by atoms with Crippen molar-refractivity contribution in [3.05, 3.63) is 83.9 Å². The van der Waals surface area contributed by atoms with Crippen molar-refractivity contribution in [2.45, 2.75) is 63.1 Å². The molecular formula is C33H38F3N5O6. The third kappa shape index (κ3) is 8.69. The summed E-state index contributed by atoms with van der Waals surface area (Å²) in [5.41, 5.74) is 1.10. The van der Waals surface area contributed by atoms with E-state index in [0.717, 1.165) is 5.56 Å². The standard InChI is InChI=1S/C33H38F3N5O6/c1-3-7-28(42)32(24-8-5-4-6-9-24)15-18-40(19-16-32)29(43)27(20-23-10-12-26(46-2)13-11-23)41(47-30(44)33(34,35)36)31(45)38-17-14-25-21-37-22-39-25/h4-6,8-13,21-22,27H,3,7,14-20H2,1-2H3,(H,37,39)(H,38,45). The van der Waals surface area contributed by atoms with Crippen LogP contribution in [0.4, 0.5) is 18.0 Å². The average Bonchev–Trinajstić information content (AvgIpc) is 3.60. The third-order valence-corrected chi connectivity index (χ3v) is 8.26. The number of hydrogen-bond donors (Lipinski definition) is 2. The number of methoxy groups -OCH3 is 1. The van der Waals surface area contributed by atoms with Crippen LogP contribution in [0.2, 0.25) is 0 Å². The molecule has 2 heterocycles. The van der Waals surface area contributed by atoms with E-state index < -0.39 is 35.5 Å². The Balaban J connectivity index is 1.64. The summed E-state index contributed by atoms with van der Waals surface area (Å²) in [6.07, 6.45) is -0.995. The van der Waals surface area contributed by atoms with Crippen LogP contribution in [0.3, 0.4) is 0 Å². The van der Waals surface area contributed by atoms with Gasteiger partial charge in [-0.05, 0) is 42.5 Å². The van der Waals surface area contributed by atoms with Gasteiger partial charge in [-0.2, -0.15) is 13.2 Å². The van der Waals surface area contributed by atoms with Gasteiger partial charge < -0.3 is 24.8 Å². The number of hydrogen-bond acceptors (Lipinski definition) is 7. The van der Waals surface area contributed by atoms with Crippen molar-refractivity contribution in [2.24, 2.45) is 0 Å². The summed E-state index contributed by atoms with van der Waals surface area (Å²) in [5.74, 6) is -2.84. The molecule has 0 radical (unpaired) electrons. The number of piperidine rings is 1. The molecule has 47 heavy (non-hydrogen) atoms. The molecule has 0 spiro atoms. The zero-order chi connectivity index (χ0) is 34.0. The number of nitrogens with zero attached hydrogens (tertiary/aromatic N) is 3. The molecule has 1 unspecified atom stereocenters. The second-order valence-corrected chi connectivity index (χ2v) is 11.3. The molecule has 0 bridgehead atoms. The molecule has 3 amide bonds. The molecule has 252 valence electrons. The zero-order valence-corrected chi connectivity index (χ0v) is 26.2. The molecule has 1 saturated heterocycles. The third-order valence-electron chi connectivity index (χ3n) is 8.26. The molecule has 11 nitrogen and oxygen atoms in total. The van der Waals surface area contributed by atoms with Gasteiger partial charge in [0.05, 0.1) is 18.9 Å². The lowest BCUT2D eigenvalue weighted by molar-refractivity contribution is -0.234. The Morgan fingerprint density at radius 3 is 2.32 bits per heavy atom. The van der Waals surface area contributed by atoms with Gasteiger partial charge in [0.1, 0.15) is 11.5 Å². The number of H-pyrrole nitrogens is 1. The second-order valence-electron chi connectivity index (χ2n) is 11.3. The summed E-state index contributed by atoms with van der Waals surface area (Å²) < 4.78 is 45.5. The van der Waals surface area contributed by atoms with Gasteiger partial charge in [0.2, 0.25) is 5.91 Å². The van der Waals surface area contributed by atoms with Crippen LogP contribution in [0.1, 0.15) is 49.4 Å². The Labute approximate surface area is 270 Å². The molecule has 0 saturated carbocycles. The van der Waals surface area contributed by atoms with E-state index in [1.807, 2.05) is 37.3 Å². The number of rotatable bonds is 12. The van der Waals surface area contributed by atoms with Crippen LogP contribution in [0.5, 0.6) is 5.75 Å².